The van der Waals surface area contributed by atoms with Crippen LogP contribution in [-0.4, -0.2) is 32.6 Å². The van der Waals surface area contributed by atoms with Crippen LogP contribution in [0.2, 0.25) is 5.02 Å². The maximum Gasteiger partial charge on any atom is 0.227 e. The topological polar surface area (TPSA) is 44.4 Å². The van der Waals surface area contributed by atoms with Crippen LogP contribution in [0.15, 0.2) is 18.2 Å². The Labute approximate surface area is 125 Å². The number of nitrogens with zero attached hydrogens (tertiary/aromatic N) is 1. The van der Waals surface area contributed by atoms with Crippen LogP contribution >= 0.6 is 11.6 Å². The molecule has 1 aromatic carbocycles. The summed E-state index contributed by atoms with van der Waals surface area (Å²) in [7, 11) is 3.84. The van der Waals surface area contributed by atoms with E-state index in [0.717, 1.165) is 30.8 Å². The van der Waals surface area contributed by atoms with E-state index >= 15 is 0 Å². The number of amides is 1. The van der Waals surface area contributed by atoms with Gasteiger partial charge in [-0.3, -0.25) is 4.79 Å². The van der Waals surface area contributed by atoms with E-state index in [1.54, 1.807) is 0 Å². The molecule has 1 fully saturated rings. The molecule has 1 heterocycles. The number of piperidine rings is 1. The second-order valence-electron chi connectivity index (χ2n) is 5.60. The highest BCUT2D eigenvalue weighted by molar-refractivity contribution is 6.34. The fourth-order valence-corrected chi connectivity index (χ4v) is 3.02. The van der Waals surface area contributed by atoms with E-state index in [-0.39, 0.29) is 11.8 Å². The molecule has 5 heteroatoms. The van der Waals surface area contributed by atoms with Crippen LogP contribution in [0, 0.1) is 5.92 Å². The lowest BCUT2D eigenvalue weighted by Crippen LogP contribution is -2.40. The number of carbonyl (C=O) groups excluding carboxylic acids is 1. The van der Waals surface area contributed by atoms with Crippen molar-refractivity contribution in [2.45, 2.75) is 25.8 Å². The van der Waals surface area contributed by atoms with Crippen molar-refractivity contribution in [1.29, 1.82) is 0 Å². The third kappa shape index (κ3) is 3.44. The Balaban J connectivity index is 2.13. The van der Waals surface area contributed by atoms with Crippen LogP contribution in [0.25, 0.3) is 0 Å². The van der Waals surface area contributed by atoms with Gasteiger partial charge in [-0.1, -0.05) is 17.7 Å². The van der Waals surface area contributed by atoms with Crippen LogP contribution in [0.4, 0.5) is 11.4 Å². The molecule has 0 aliphatic carbocycles. The average molecular weight is 296 g/mol. The number of nitrogens with one attached hydrogen (secondary N) is 2. The summed E-state index contributed by atoms with van der Waals surface area (Å²) in [5.74, 6) is 0.156. The van der Waals surface area contributed by atoms with Crippen LogP contribution in [0.5, 0.6) is 0 Å². The molecular formula is C15H22ClN3O. The highest BCUT2D eigenvalue weighted by Crippen LogP contribution is 2.33. The molecule has 4 nitrogen and oxygen atoms in total. The maximum atomic E-state index is 12.4. The van der Waals surface area contributed by atoms with Crippen molar-refractivity contribution in [1.82, 2.24) is 5.32 Å². The van der Waals surface area contributed by atoms with Crippen molar-refractivity contribution in [3.8, 4) is 0 Å². The van der Waals surface area contributed by atoms with Gasteiger partial charge >= 0.3 is 0 Å². The minimum atomic E-state index is 0.0697. The number of benzene rings is 1. The van der Waals surface area contributed by atoms with Crippen molar-refractivity contribution in [3.63, 3.8) is 0 Å². The largest absolute Gasteiger partial charge is 0.375 e. The van der Waals surface area contributed by atoms with Gasteiger partial charge < -0.3 is 15.5 Å². The lowest BCUT2D eigenvalue weighted by atomic mass is 9.92. The monoisotopic (exact) mass is 295 g/mol. The van der Waals surface area contributed by atoms with Crippen LogP contribution in [0.1, 0.15) is 19.8 Å². The molecule has 2 atom stereocenters. The quantitative estimate of drug-likeness (QED) is 0.901. The number of hydrogen-bond acceptors (Lipinski definition) is 3. The Kier molecular flexibility index (Phi) is 4.89. The van der Waals surface area contributed by atoms with Crippen LogP contribution < -0.4 is 15.5 Å². The summed E-state index contributed by atoms with van der Waals surface area (Å²) in [6.07, 6.45) is 1.76. The predicted octanol–water partition coefficient (Wildman–Crippen LogP) is 2.73. The zero-order chi connectivity index (χ0) is 14.7. The van der Waals surface area contributed by atoms with Gasteiger partial charge in [0, 0.05) is 26.1 Å². The van der Waals surface area contributed by atoms with Gasteiger partial charge in [-0.05, 0) is 38.4 Å². The molecule has 1 aliphatic heterocycles. The number of anilines is 2. The summed E-state index contributed by atoms with van der Waals surface area (Å²) in [6, 6.07) is 5.98. The zero-order valence-electron chi connectivity index (χ0n) is 12.2. The van der Waals surface area contributed by atoms with Crippen LogP contribution in [0.3, 0.4) is 0 Å². The Morgan fingerprint density at radius 3 is 2.85 bits per heavy atom. The first kappa shape index (κ1) is 15.1. The summed E-state index contributed by atoms with van der Waals surface area (Å²) in [6.45, 7) is 3.01. The highest BCUT2D eigenvalue weighted by atomic mass is 35.5. The lowest BCUT2D eigenvalue weighted by Gasteiger charge is -2.28. The summed E-state index contributed by atoms with van der Waals surface area (Å²) in [5, 5.41) is 7.04. The summed E-state index contributed by atoms with van der Waals surface area (Å²) in [5.41, 5.74) is 1.63. The van der Waals surface area contributed by atoms with E-state index in [2.05, 4.69) is 17.6 Å². The van der Waals surface area contributed by atoms with Crippen molar-refractivity contribution in [2.75, 3.05) is 30.9 Å². The van der Waals surface area contributed by atoms with Gasteiger partial charge in [0.15, 0.2) is 0 Å². The van der Waals surface area contributed by atoms with E-state index in [0.29, 0.717) is 11.1 Å². The van der Waals surface area contributed by atoms with Crippen LogP contribution in [-0.2, 0) is 4.79 Å². The number of carbonyl (C=O) groups is 1. The van der Waals surface area contributed by atoms with Crippen molar-refractivity contribution in [2.24, 2.45) is 5.92 Å². The molecule has 1 saturated heterocycles. The van der Waals surface area contributed by atoms with Crippen molar-refractivity contribution >= 4 is 28.9 Å². The second kappa shape index (κ2) is 6.46. The van der Waals surface area contributed by atoms with Gasteiger partial charge in [0.2, 0.25) is 5.91 Å². The van der Waals surface area contributed by atoms with Gasteiger partial charge in [0.25, 0.3) is 0 Å². The van der Waals surface area contributed by atoms with Crippen molar-refractivity contribution in [3.05, 3.63) is 23.2 Å². The Morgan fingerprint density at radius 2 is 2.20 bits per heavy atom. The number of rotatable bonds is 3. The Morgan fingerprint density at radius 1 is 1.45 bits per heavy atom. The van der Waals surface area contributed by atoms with Crippen molar-refractivity contribution < 1.29 is 4.79 Å². The second-order valence-corrected chi connectivity index (χ2v) is 6.00. The standard InChI is InChI=1S/C15H22ClN3O/c1-10-9-11(7-8-17-10)15(20)18-13-6-4-5-12(16)14(13)19(2)3/h4-6,10-11,17H,7-9H2,1-3H3,(H,18,20)/t10-,11-/m0/s1. The van der Waals surface area contributed by atoms with Gasteiger partial charge in [0.1, 0.15) is 0 Å². The Bertz CT molecular complexity index is 490. The van der Waals surface area contributed by atoms with E-state index < -0.39 is 0 Å². The molecule has 1 aromatic rings. The van der Waals surface area contributed by atoms with Gasteiger partial charge in [-0.2, -0.15) is 0 Å². The van der Waals surface area contributed by atoms with Gasteiger partial charge in [-0.15, -0.1) is 0 Å². The van der Waals surface area contributed by atoms with E-state index in [1.165, 1.54) is 0 Å². The molecular weight excluding hydrogens is 274 g/mol. The normalized spacial score (nSPS) is 22.4. The highest BCUT2D eigenvalue weighted by Gasteiger charge is 2.25. The molecule has 1 amide bonds. The molecule has 1 aliphatic rings. The molecule has 0 aromatic heterocycles. The molecule has 2 rings (SSSR count). The SMILES string of the molecule is C[C@H]1C[C@@H](C(=O)Nc2cccc(Cl)c2N(C)C)CCN1. The van der Waals surface area contributed by atoms with E-state index in [9.17, 15) is 4.79 Å². The number of halogens is 1. The molecule has 20 heavy (non-hydrogen) atoms. The molecule has 0 radical (unpaired) electrons. The number of hydrogen-bond donors (Lipinski definition) is 2. The third-order valence-corrected chi connectivity index (χ3v) is 3.99. The fraction of sp³-hybridized carbons (Fsp3) is 0.533. The first-order valence-electron chi connectivity index (χ1n) is 6.99. The van der Waals surface area contributed by atoms with E-state index in [4.69, 9.17) is 11.6 Å². The number of para-hydroxylation sites is 1. The first-order valence-corrected chi connectivity index (χ1v) is 7.37. The van der Waals surface area contributed by atoms with E-state index in [1.807, 2.05) is 37.2 Å². The average Bonchev–Trinajstić information content (AvgIpc) is 2.38. The molecule has 110 valence electrons. The molecule has 0 unspecified atom stereocenters. The molecule has 0 saturated carbocycles. The minimum absolute atomic E-state index is 0.0697. The third-order valence-electron chi connectivity index (χ3n) is 3.69. The summed E-state index contributed by atoms with van der Waals surface area (Å²) < 4.78 is 0. The summed E-state index contributed by atoms with van der Waals surface area (Å²) >= 11 is 6.21. The molecule has 2 N–H and O–H groups in total. The zero-order valence-corrected chi connectivity index (χ0v) is 13.0. The fourth-order valence-electron chi connectivity index (χ4n) is 2.68. The Hall–Kier alpha value is -1.26. The minimum Gasteiger partial charge on any atom is -0.375 e. The molecule has 0 spiro atoms. The smallest absolute Gasteiger partial charge is 0.227 e. The predicted molar refractivity (Wildman–Crippen MR) is 84.6 cm³/mol. The van der Waals surface area contributed by atoms with Gasteiger partial charge in [0.05, 0.1) is 16.4 Å². The first-order chi connectivity index (χ1) is 9.49. The summed E-state index contributed by atoms with van der Waals surface area (Å²) in [4.78, 5) is 14.3. The van der Waals surface area contributed by atoms with Gasteiger partial charge in [-0.25, -0.2) is 0 Å². The molecule has 0 bridgehead atoms. The lowest BCUT2D eigenvalue weighted by molar-refractivity contribution is -0.120. The maximum absolute atomic E-state index is 12.4.